The molecule has 0 spiro atoms. The zero-order valence-electron chi connectivity index (χ0n) is 13.0. The summed E-state index contributed by atoms with van der Waals surface area (Å²) in [5.74, 6) is 1.06. The fourth-order valence-electron chi connectivity index (χ4n) is 2.80. The van der Waals surface area contributed by atoms with E-state index in [2.05, 4.69) is 15.6 Å². The van der Waals surface area contributed by atoms with E-state index < -0.39 is 0 Å². The van der Waals surface area contributed by atoms with Crippen molar-refractivity contribution in [3.63, 3.8) is 0 Å². The van der Waals surface area contributed by atoms with Crippen LogP contribution in [-0.2, 0) is 11.2 Å². The third-order valence-corrected chi connectivity index (χ3v) is 3.94. The van der Waals surface area contributed by atoms with Crippen LogP contribution in [-0.4, -0.2) is 15.9 Å². The van der Waals surface area contributed by atoms with Crippen molar-refractivity contribution in [3.05, 3.63) is 66.2 Å². The van der Waals surface area contributed by atoms with Crippen LogP contribution in [0.5, 0.6) is 0 Å². The van der Waals surface area contributed by atoms with Crippen molar-refractivity contribution in [3.8, 4) is 11.3 Å². The second-order valence-corrected chi connectivity index (χ2v) is 5.63. The van der Waals surface area contributed by atoms with E-state index in [9.17, 15) is 4.79 Å². The Labute approximate surface area is 139 Å². The predicted molar refractivity (Wildman–Crippen MR) is 94.1 cm³/mol. The molecule has 0 saturated carbocycles. The molecule has 24 heavy (non-hydrogen) atoms. The summed E-state index contributed by atoms with van der Waals surface area (Å²) in [7, 11) is 0. The standard InChI is InChI=1S/C19H16N4O/c24-16-12-11-15-17(13-7-3-1-4-8-13)22-19(23-18(15)21-16)20-14-9-5-2-6-10-14/h1-10H,11-12H2,(H2,20,21,22,23,24). The molecule has 0 unspecified atom stereocenters. The number of amides is 1. The maximum atomic E-state index is 11.8. The first-order valence-corrected chi connectivity index (χ1v) is 7.88. The van der Waals surface area contributed by atoms with E-state index in [-0.39, 0.29) is 5.91 Å². The minimum absolute atomic E-state index is 0.00845. The largest absolute Gasteiger partial charge is 0.324 e. The Morgan fingerprint density at radius 2 is 1.58 bits per heavy atom. The van der Waals surface area contributed by atoms with Crippen LogP contribution >= 0.6 is 0 Å². The zero-order chi connectivity index (χ0) is 16.4. The summed E-state index contributed by atoms with van der Waals surface area (Å²) in [6.45, 7) is 0. The predicted octanol–water partition coefficient (Wildman–Crippen LogP) is 3.77. The van der Waals surface area contributed by atoms with Crippen molar-refractivity contribution in [1.82, 2.24) is 9.97 Å². The number of fused-ring (bicyclic) bond motifs is 1. The van der Waals surface area contributed by atoms with Gasteiger partial charge in [-0.2, -0.15) is 4.98 Å². The minimum Gasteiger partial charge on any atom is -0.324 e. The molecule has 0 bridgehead atoms. The number of nitrogens with zero attached hydrogens (tertiary/aromatic N) is 2. The van der Waals surface area contributed by atoms with E-state index in [1.165, 1.54) is 0 Å². The van der Waals surface area contributed by atoms with Crippen LogP contribution in [0.2, 0.25) is 0 Å². The second kappa shape index (κ2) is 6.12. The lowest BCUT2D eigenvalue weighted by Gasteiger charge is -2.20. The number of aromatic nitrogens is 2. The number of benzene rings is 2. The van der Waals surface area contributed by atoms with E-state index in [4.69, 9.17) is 4.98 Å². The molecular formula is C19H16N4O. The van der Waals surface area contributed by atoms with E-state index in [1.807, 2.05) is 60.7 Å². The summed E-state index contributed by atoms with van der Waals surface area (Å²) >= 11 is 0. The van der Waals surface area contributed by atoms with Crippen molar-refractivity contribution in [1.29, 1.82) is 0 Å². The third-order valence-electron chi connectivity index (χ3n) is 3.94. The molecule has 1 aliphatic rings. The van der Waals surface area contributed by atoms with Crippen LogP contribution in [0, 0.1) is 0 Å². The molecule has 1 aromatic heterocycles. The average Bonchev–Trinajstić information content (AvgIpc) is 2.62. The molecule has 0 saturated heterocycles. The van der Waals surface area contributed by atoms with Crippen LogP contribution in [0.15, 0.2) is 60.7 Å². The number of hydrogen-bond acceptors (Lipinski definition) is 4. The van der Waals surface area contributed by atoms with E-state index in [0.29, 0.717) is 24.6 Å². The van der Waals surface area contributed by atoms with Crippen molar-refractivity contribution in [2.75, 3.05) is 10.6 Å². The molecule has 5 nitrogen and oxygen atoms in total. The van der Waals surface area contributed by atoms with E-state index in [1.54, 1.807) is 0 Å². The SMILES string of the molecule is O=C1CCc2c(nc(Nc3ccccc3)nc2-c2ccccc2)N1. The molecule has 2 N–H and O–H groups in total. The highest BCUT2D eigenvalue weighted by Crippen LogP contribution is 2.32. The van der Waals surface area contributed by atoms with Crippen LogP contribution in [0.1, 0.15) is 12.0 Å². The Bertz CT molecular complexity index is 879. The minimum atomic E-state index is -0.00845. The van der Waals surface area contributed by atoms with Gasteiger partial charge in [0.05, 0.1) is 5.69 Å². The fraction of sp³-hybridized carbons (Fsp3) is 0.105. The molecule has 1 aliphatic heterocycles. The topological polar surface area (TPSA) is 66.9 Å². The molecule has 118 valence electrons. The monoisotopic (exact) mass is 316 g/mol. The van der Waals surface area contributed by atoms with Crippen molar-refractivity contribution in [2.24, 2.45) is 0 Å². The molecular weight excluding hydrogens is 300 g/mol. The molecule has 5 heteroatoms. The summed E-state index contributed by atoms with van der Waals surface area (Å²) in [4.78, 5) is 20.9. The van der Waals surface area contributed by atoms with Gasteiger partial charge < -0.3 is 10.6 Å². The van der Waals surface area contributed by atoms with Gasteiger partial charge in [-0.3, -0.25) is 4.79 Å². The van der Waals surface area contributed by atoms with Crippen LogP contribution in [0.25, 0.3) is 11.3 Å². The number of hydrogen-bond donors (Lipinski definition) is 2. The number of nitrogens with one attached hydrogen (secondary N) is 2. The van der Waals surface area contributed by atoms with Crippen LogP contribution in [0.4, 0.5) is 17.5 Å². The normalized spacial score (nSPS) is 13.1. The number of rotatable bonds is 3. The van der Waals surface area contributed by atoms with Crippen molar-refractivity contribution in [2.45, 2.75) is 12.8 Å². The Hall–Kier alpha value is -3.21. The summed E-state index contributed by atoms with van der Waals surface area (Å²) in [5.41, 5.74) is 3.76. The van der Waals surface area contributed by atoms with Gasteiger partial charge in [-0.1, -0.05) is 48.5 Å². The lowest BCUT2D eigenvalue weighted by atomic mass is 10.00. The molecule has 4 rings (SSSR count). The number of para-hydroxylation sites is 1. The average molecular weight is 316 g/mol. The highest BCUT2D eigenvalue weighted by Gasteiger charge is 2.22. The highest BCUT2D eigenvalue weighted by molar-refractivity contribution is 5.94. The van der Waals surface area contributed by atoms with Gasteiger partial charge in [0.2, 0.25) is 11.9 Å². The third kappa shape index (κ3) is 2.84. The van der Waals surface area contributed by atoms with Gasteiger partial charge in [0.1, 0.15) is 5.82 Å². The molecule has 0 atom stereocenters. The lowest BCUT2D eigenvalue weighted by molar-refractivity contribution is -0.116. The lowest BCUT2D eigenvalue weighted by Crippen LogP contribution is -2.22. The molecule has 2 heterocycles. The van der Waals surface area contributed by atoms with E-state index in [0.717, 1.165) is 22.5 Å². The van der Waals surface area contributed by atoms with Crippen molar-refractivity contribution < 1.29 is 4.79 Å². The van der Waals surface area contributed by atoms with Crippen LogP contribution in [0.3, 0.4) is 0 Å². The molecule has 3 aromatic rings. The quantitative estimate of drug-likeness (QED) is 0.772. The highest BCUT2D eigenvalue weighted by atomic mass is 16.1. The fourth-order valence-corrected chi connectivity index (χ4v) is 2.80. The number of anilines is 3. The van der Waals surface area contributed by atoms with Gasteiger partial charge >= 0.3 is 0 Å². The van der Waals surface area contributed by atoms with Gasteiger partial charge in [0, 0.05) is 23.2 Å². The maximum Gasteiger partial charge on any atom is 0.229 e. The molecule has 2 aromatic carbocycles. The Morgan fingerprint density at radius 3 is 2.33 bits per heavy atom. The second-order valence-electron chi connectivity index (χ2n) is 5.63. The molecule has 1 amide bonds. The summed E-state index contributed by atoms with van der Waals surface area (Å²) in [5, 5.41) is 6.07. The number of carbonyl (C=O) groups is 1. The molecule has 0 aliphatic carbocycles. The molecule has 0 radical (unpaired) electrons. The smallest absolute Gasteiger partial charge is 0.229 e. The first-order valence-electron chi connectivity index (χ1n) is 7.88. The summed E-state index contributed by atoms with van der Waals surface area (Å²) < 4.78 is 0. The van der Waals surface area contributed by atoms with Crippen LogP contribution < -0.4 is 10.6 Å². The van der Waals surface area contributed by atoms with Gasteiger partial charge in [-0.25, -0.2) is 4.98 Å². The summed E-state index contributed by atoms with van der Waals surface area (Å²) in [6, 6.07) is 19.7. The molecule has 0 fully saturated rings. The zero-order valence-corrected chi connectivity index (χ0v) is 13.0. The first kappa shape index (κ1) is 14.4. The number of carbonyl (C=O) groups excluding carboxylic acids is 1. The van der Waals surface area contributed by atoms with Crippen molar-refractivity contribution >= 4 is 23.4 Å². The van der Waals surface area contributed by atoms with Gasteiger partial charge in [0.15, 0.2) is 0 Å². The Morgan fingerprint density at radius 1 is 0.875 bits per heavy atom. The Balaban J connectivity index is 1.81. The van der Waals surface area contributed by atoms with Gasteiger partial charge in [-0.15, -0.1) is 0 Å². The maximum absolute atomic E-state index is 11.8. The first-order chi connectivity index (χ1) is 11.8. The Kier molecular flexibility index (Phi) is 3.67. The van der Waals surface area contributed by atoms with E-state index >= 15 is 0 Å². The van der Waals surface area contributed by atoms with Gasteiger partial charge in [-0.05, 0) is 18.6 Å². The van der Waals surface area contributed by atoms with Gasteiger partial charge in [0.25, 0.3) is 0 Å². The summed E-state index contributed by atoms with van der Waals surface area (Å²) in [6.07, 6.45) is 1.11.